The Morgan fingerprint density at radius 3 is 2.35 bits per heavy atom. The Morgan fingerprint density at radius 2 is 1.73 bits per heavy atom. The fourth-order valence-electron chi connectivity index (χ4n) is 7.25. The second-order valence-corrected chi connectivity index (χ2v) is 15.2. The highest BCUT2D eigenvalue weighted by Gasteiger charge is 2.67. The Balaban J connectivity index is 1.51. The average Bonchev–Trinajstić information content (AvgIpc) is 3.54. The van der Waals surface area contributed by atoms with Crippen LogP contribution in [0.25, 0.3) is 22.0 Å². The molecule has 51 heavy (non-hydrogen) atoms. The maximum absolute atomic E-state index is 15.9. The van der Waals surface area contributed by atoms with Crippen molar-refractivity contribution >= 4 is 55.9 Å². The molecule has 0 aliphatic heterocycles. The number of aryl methyl sites for hydroxylation is 1. The molecule has 7 rings (SSSR count). The quantitative estimate of drug-likeness (QED) is 0.116. The molecular formula is C32H25Cl2F6N7O3S. The summed E-state index contributed by atoms with van der Waals surface area (Å²) in [6.45, 7) is 0. The molecule has 1 amide bonds. The lowest BCUT2D eigenvalue weighted by atomic mass is 9.84. The van der Waals surface area contributed by atoms with Gasteiger partial charge in [0.05, 0.1) is 27.9 Å². The highest BCUT2D eigenvalue weighted by Crippen LogP contribution is 2.68. The van der Waals surface area contributed by atoms with Crippen molar-refractivity contribution in [3.05, 3.63) is 92.5 Å². The van der Waals surface area contributed by atoms with E-state index in [4.69, 9.17) is 28.9 Å². The highest BCUT2D eigenvalue weighted by atomic mass is 35.5. The summed E-state index contributed by atoms with van der Waals surface area (Å²) in [5.41, 5.74) is 4.25. The van der Waals surface area contributed by atoms with Crippen molar-refractivity contribution < 1.29 is 39.6 Å². The number of halogens is 8. The Labute approximate surface area is 295 Å². The number of fused-ring (bicyclic) bond motifs is 4. The van der Waals surface area contributed by atoms with Crippen molar-refractivity contribution in [2.24, 2.45) is 18.7 Å². The zero-order valence-electron chi connectivity index (χ0n) is 26.3. The number of aromatic nitrogens is 5. The third kappa shape index (κ3) is 5.98. The smallest absolute Gasteiger partial charge is 0.293 e. The predicted octanol–water partition coefficient (Wildman–Crippen LogP) is 6.99. The monoisotopic (exact) mass is 771 g/mol. The summed E-state index contributed by atoms with van der Waals surface area (Å²) in [5, 5.41) is 8.22. The van der Waals surface area contributed by atoms with Gasteiger partial charge >= 0.3 is 0 Å². The van der Waals surface area contributed by atoms with Crippen LogP contribution in [0.5, 0.6) is 0 Å². The van der Waals surface area contributed by atoms with Crippen molar-refractivity contribution in [3.63, 3.8) is 0 Å². The van der Waals surface area contributed by atoms with E-state index < -0.39 is 81.5 Å². The van der Waals surface area contributed by atoms with E-state index >= 15 is 8.78 Å². The third-order valence-corrected chi connectivity index (χ3v) is 10.3. The number of benzene rings is 2. The first-order chi connectivity index (χ1) is 23.9. The largest absolute Gasteiger partial charge is 0.368 e. The minimum atomic E-state index is -3.84. The van der Waals surface area contributed by atoms with Crippen LogP contribution in [-0.2, 0) is 34.2 Å². The van der Waals surface area contributed by atoms with E-state index in [1.165, 1.54) is 36.0 Å². The van der Waals surface area contributed by atoms with Gasteiger partial charge in [-0.3, -0.25) is 14.2 Å². The fourth-order valence-corrected chi connectivity index (χ4v) is 8.14. The molecule has 268 valence electrons. The molecule has 1 unspecified atom stereocenters. The number of carbonyl (C=O) groups excluding carboxylic acids is 1. The van der Waals surface area contributed by atoms with Crippen LogP contribution in [0.4, 0.5) is 32.2 Å². The van der Waals surface area contributed by atoms with E-state index in [2.05, 4.69) is 19.9 Å². The maximum Gasteiger partial charge on any atom is 0.293 e. The molecule has 1 fully saturated rings. The first kappa shape index (κ1) is 35.1. The summed E-state index contributed by atoms with van der Waals surface area (Å²) in [6.07, 6.45) is -2.91. The Morgan fingerprint density at radius 1 is 1.06 bits per heavy atom. The second-order valence-electron chi connectivity index (χ2n) is 12.6. The van der Waals surface area contributed by atoms with Gasteiger partial charge in [0.2, 0.25) is 15.9 Å². The fraction of sp³-hybridized carbons (Fsp3) is 0.312. The Kier molecular flexibility index (Phi) is 8.34. The first-order valence-electron chi connectivity index (χ1n) is 15.2. The summed E-state index contributed by atoms with van der Waals surface area (Å²) in [4.78, 5) is 18.0. The second kappa shape index (κ2) is 12.1. The zero-order valence-corrected chi connectivity index (χ0v) is 28.6. The van der Waals surface area contributed by atoms with Crippen LogP contribution < -0.4 is 10.5 Å². The number of sulfonamides is 1. The van der Waals surface area contributed by atoms with Gasteiger partial charge in [0.15, 0.2) is 5.82 Å². The van der Waals surface area contributed by atoms with Crippen molar-refractivity contribution in [1.82, 2.24) is 24.5 Å². The first-order valence-corrected chi connectivity index (χ1v) is 17.8. The van der Waals surface area contributed by atoms with Crippen LogP contribution in [0, 0.1) is 17.6 Å². The molecule has 5 aromatic rings. The molecule has 2 aliphatic carbocycles. The number of pyridine rings is 1. The Hall–Kier alpha value is -4.35. The number of anilines is 1. The zero-order chi connectivity index (χ0) is 36.9. The molecule has 10 nitrogen and oxygen atoms in total. The van der Waals surface area contributed by atoms with Gasteiger partial charge < -0.3 is 5.73 Å². The van der Waals surface area contributed by atoms with E-state index in [-0.39, 0.29) is 61.3 Å². The molecule has 2 aliphatic rings. The maximum atomic E-state index is 15.9. The molecule has 2 aromatic carbocycles. The summed E-state index contributed by atoms with van der Waals surface area (Å²) in [7, 11) is -2.35. The molecule has 19 heteroatoms. The van der Waals surface area contributed by atoms with Crippen LogP contribution >= 0.6 is 23.2 Å². The lowest BCUT2D eigenvalue weighted by molar-refractivity contribution is -0.122. The van der Waals surface area contributed by atoms with Gasteiger partial charge in [-0.1, -0.05) is 29.3 Å². The van der Waals surface area contributed by atoms with Crippen molar-refractivity contribution in [2.75, 3.05) is 11.0 Å². The molecule has 1 saturated carbocycles. The van der Waals surface area contributed by atoms with E-state index in [0.717, 1.165) is 18.4 Å². The predicted molar refractivity (Wildman–Crippen MR) is 175 cm³/mol. The molecule has 0 radical (unpaired) electrons. The van der Waals surface area contributed by atoms with Crippen molar-refractivity contribution in [3.8, 4) is 11.1 Å². The van der Waals surface area contributed by atoms with Crippen LogP contribution in [0.1, 0.15) is 58.9 Å². The number of nitrogens with one attached hydrogen (secondary N) is 1. The molecule has 3 aromatic heterocycles. The van der Waals surface area contributed by atoms with Crippen LogP contribution in [0.3, 0.4) is 0 Å². The minimum absolute atomic E-state index is 0.0495. The summed E-state index contributed by atoms with van der Waals surface area (Å²) < 4.78 is 118. The summed E-state index contributed by atoms with van der Waals surface area (Å²) in [6, 6.07) is 6.31. The number of hydrogen-bond acceptors (Lipinski definition) is 6. The number of alkyl halides is 4. The van der Waals surface area contributed by atoms with E-state index in [1.54, 1.807) is 0 Å². The molecule has 0 spiro atoms. The minimum Gasteiger partial charge on any atom is -0.368 e. The van der Waals surface area contributed by atoms with E-state index in [9.17, 15) is 30.8 Å². The SMILES string of the molecule is Cn1nc(NS(C)(=O)=O)c2c(Cl)ccc(-c3ccc(Cl)nc3[C@@H](Cc3cc(F)cc(F)c3)C(C(N)=O)n3nc(C(F)F)c4c3C(F)(F)[C@@H]3C[C@H]43)c21. The number of primary amides is 1. The number of hydrogen-bond donors (Lipinski definition) is 2. The number of amides is 1. The average molecular weight is 773 g/mol. The van der Waals surface area contributed by atoms with E-state index in [1.807, 2.05) is 0 Å². The normalized spacial score (nSPS) is 18.9. The number of rotatable bonds is 10. The Bertz CT molecular complexity index is 2370. The standard InChI is InChI=1S/C32H25Cl2F6N7O3S/c1-46-26-16(3-5-20(33)23(26)31(44-46)45-51(2,49)50)15-4-6-21(34)42-24(15)18(9-12-7-13(35)10-14(36)8-12)27(30(41)48)47-28-22(25(43-47)29(37)38)17-11-19(17)32(28,39)40/h3-8,10,17-19,27,29H,9,11H2,1-2H3,(H2,41,48)(H,44,45)/t17-,18+,19+,27?/m0/s1. The van der Waals surface area contributed by atoms with Crippen LogP contribution in [-0.4, -0.2) is 45.1 Å². The highest BCUT2D eigenvalue weighted by molar-refractivity contribution is 7.92. The van der Waals surface area contributed by atoms with Gasteiger partial charge in [0.25, 0.3) is 12.3 Å². The number of nitrogens with zero attached hydrogens (tertiary/aromatic N) is 5. The topological polar surface area (TPSA) is 138 Å². The van der Waals surface area contributed by atoms with Crippen LogP contribution in [0.15, 0.2) is 42.5 Å². The molecule has 0 saturated heterocycles. The van der Waals surface area contributed by atoms with Gasteiger partial charge in [-0.15, -0.1) is 0 Å². The van der Waals surface area contributed by atoms with E-state index in [0.29, 0.717) is 10.7 Å². The summed E-state index contributed by atoms with van der Waals surface area (Å²) >= 11 is 12.9. The van der Waals surface area contributed by atoms with Crippen LogP contribution in [0.2, 0.25) is 10.2 Å². The molecular weight excluding hydrogens is 747 g/mol. The molecule has 3 N–H and O–H groups in total. The molecule has 4 atom stereocenters. The van der Waals surface area contributed by atoms with Gasteiger partial charge in [-0.05, 0) is 54.7 Å². The van der Waals surface area contributed by atoms with Gasteiger partial charge in [0.1, 0.15) is 34.2 Å². The number of carbonyl (C=O) groups is 1. The lowest BCUT2D eigenvalue weighted by Crippen LogP contribution is -2.37. The van der Waals surface area contributed by atoms with Gasteiger partial charge in [-0.2, -0.15) is 19.0 Å². The summed E-state index contributed by atoms with van der Waals surface area (Å²) in [5.74, 6) is -10.8. The molecule has 3 heterocycles. The van der Waals surface area contributed by atoms with Crippen molar-refractivity contribution in [2.45, 2.75) is 43.1 Å². The van der Waals surface area contributed by atoms with Gasteiger partial charge in [-0.25, -0.2) is 35.6 Å². The third-order valence-electron chi connectivity index (χ3n) is 9.19. The molecule has 0 bridgehead atoms. The van der Waals surface area contributed by atoms with Gasteiger partial charge in [0, 0.05) is 41.6 Å². The lowest BCUT2D eigenvalue weighted by Gasteiger charge is -2.29. The van der Waals surface area contributed by atoms with Crippen molar-refractivity contribution in [1.29, 1.82) is 0 Å². The number of nitrogens with two attached hydrogens (primary N) is 1.